The van der Waals surface area contributed by atoms with Gasteiger partial charge in [-0.15, -0.1) is 0 Å². The maximum atomic E-state index is 14.1. The molecule has 9 nitrogen and oxygen atoms in total. The molecule has 2 fully saturated rings. The van der Waals surface area contributed by atoms with Crippen LogP contribution in [0.15, 0.2) is 24.5 Å². The second-order valence-electron chi connectivity index (χ2n) is 14.4. The highest BCUT2D eigenvalue weighted by Crippen LogP contribution is 2.30. The SMILES string of the molecule is CC(C)C[C@H](O)[C@H](O)[C@H](CC1CCCCC1)NC(=O)[C@@H](CC(=O)N(CC(=O)N(C)C)CC1CCCCCC1)Cc1cccnc1. The van der Waals surface area contributed by atoms with Gasteiger partial charge in [-0.05, 0) is 61.5 Å². The lowest BCUT2D eigenvalue weighted by atomic mass is 9.82. The van der Waals surface area contributed by atoms with Gasteiger partial charge in [-0.25, -0.2) is 0 Å². The van der Waals surface area contributed by atoms with E-state index in [1.165, 1.54) is 24.2 Å². The first kappa shape index (κ1) is 36.9. The molecule has 2 aliphatic carbocycles. The molecule has 0 radical (unpaired) electrons. The first-order valence-corrected chi connectivity index (χ1v) is 17.6. The van der Waals surface area contributed by atoms with Gasteiger partial charge < -0.3 is 25.3 Å². The van der Waals surface area contributed by atoms with Crippen LogP contribution in [-0.2, 0) is 20.8 Å². The van der Waals surface area contributed by atoms with E-state index in [-0.39, 0.29) is 36.6 Å². The topological polar surface area (TPSA) is 123 Å². The Balaban J connectivity index is 1.83. The highest BCUT2D eigenvalue weighted by molar-refractivity contribution is 5.88. The summed E-state index contributed by atoms with van der Waals surface area (Å²) in [4.78, 5) is 48.3. The molecule has 0 aromatic carbocycles. The summed E-state index contributed by atoms with van der Waals surface area (Å²) >= 11 is 0. The molecule has 0 spiro atoms. The number of amides is 3. The van der Waals surface area contributed by atoms with Gasteiger partial charge in [-0.2, -0.15) is 0 Å². The molecule has 0 saturated heterocycles. The minimum absolute atomic E-state index is 0.00597. The molecule has 0 aliphatic heterocycles. The van der Waals surface area contributed by atoms with Crippen LogP contribution in [0.4, 0.5) is 0 Å². The molecular weight excluding hydrogens is 568 g/mol. The van der Waals surface area contributed by atoms with Crippen molar-refractivity contribution in [1.82, 2.24) is 20.1 Å². The number of rotatable bonds is 16. The molecule has 2 aliphatic rings. The Morgan fingerprint density at radius 3 is 2.13 bits per heavy atom. The number of carbonyl (C=O) groups excluding carboxylic acids is 3. The normalized spacial score (nSPS) is 19.3. The second kappa shape index (κ2) is 19.2. The van der Waals surface area contributed by atoms with Crippen LogP contribution in [0, 0.1) is 23.7 Å². The summed E-state index contributed by atoms with van der Waals surface area (Å²) in [6, 6.07) is 3.11. The Bertz CT molecular complexity index is 1020. The molecule has 0 unspecified atom stereocenters. The van der Waals surface area contributed by atoms with Crippen molar-refractivity contribution in [3.05, 3.63) is 30.1 Å². The molecule has 1 aromatic rings. The fourth-order valence-corrected chi connectivity index (χ4v) is 7.08. The summed E-state index contributed by atoms with van der Waals surface area (Å²) in [6.07, 6.45) is 15.0. The number of aromatic nitrogens is 1. The standard InChI is InChI=1S/C36H60N4O5/c1-26(2)19-32(41)35(44)31(21-27-13-10-7-11-14-27)38-36(45)30(20-29-17-12-18-37-23-29)22-33(42)40(25-34(43)39(3)4)24-28-15-8-5-6-9-16-28/h12,17-18,23,26-28,30-32,35,41,44H,5-11,13-16,19-22,24-25H2,1-4H3,(H,38,45)/t30-,31+,32+,35-/m1/s1. The van der Waals surface area contributed by atoms with Gasteiger partial charge in [0.15, 0.2) is 0 Å². The minimum Gasteiger partial charge on any atom is -0.390 e. The molecule has 1 heterocycles. The fourth-order valence-electron chi connectivity index (χ4n) is 7.08. The number of hydrogen-bond acceptors (Lipinski definition) is 6. The molecule has 4 atom stereocenters. The predicted octanol–water partition coefficient (Wildman–Crippen LogP) is 4.74. The summed E-state index contributed by atoms with van der Waals surface area (Å²) in [5, 5.41) is 25.3. The number of nitrogens with one attached hydrogen (secondary N) is 1. The zero-order chi connectivity index (χ0) is 32.8. The van der Waals surface area contributed by atoms with Gasteiger partial charge in [0.25, 0.3) is 0 Å². The molecule has 45 heavy (non-hydrogen) atoms. The Hall–Kier alpha value is -2.52. The molecule has 2 saturated carbocycles. The Kier molecular flexibility index (Phi) is 15.8. The molecule has 1 aromatic heterocycles. The number of likely N-dealkylation sites (N-methyl/N-ethyl adjacent to an activating group) is 1. The van der Waals surface area contributed by atoms with E-state index in [2.05, 4.69) is 10.3 Å². The molecule has 9 heteroatoms. The largest absolute Gasteiger partial charge is 0.390 e. The van der Waals surface area contributed by atoms with Gasteiger partial charge in [-0.1, -0.05) is 77.7 Å². The molecule has 3 rings (SSSR count). The van der Waals surface area contributed by atoms with Crippen LogP contribution in [0.2, 0.25) is 0 Å². The van der Waals surface area contributed by atoms with Gasteiger partial charge in [-0.3, -0.25) is 19.4 Å². The Morgan fingerprint density at radius 1 is 0.933 bits per heavy atom. The smallest absolute Gasteiger partial charge is 0.241 e. The van der Waals surface area contributed by atoms with Crippen molar-refractivity contribution < 1.29 is 24.6 Å². The number of nitrogens with zero attached hydrogens (tertiary/aromatic N) is 3. The van der Waals surface area contributed by atoms with Crippen LogP contribution in [0.5, 0.6) is 0 Å². The summed E-state index contributed by atoms with van der Waals surface area (Å²) in [5.41, 5.74) is 0.842. The van der Waals surface area contributed by atoms with Crippen LogP contribution in [0.3, 0.4) is 0 Å². The highest BCUT2D eigenvalue weighted by Gasteiger charge is 2.34. The zero-order valence-electron chi connectivity index (χ0n) is 28.3. The average molecular weight is 629 g/mol. The van der Waals surface area contributed by atoms with E-state index in [0.717, 1.165) is 56.9 Å². The summed E-state index contributed by atoms with van der Waals surface area (Å²) in [6.45, 7) is 4.52. The van der Waals surface area contributed by atoms with Crippen LogP contribution in [-0.4, -0.2) is 88.2 Å². The van der Waals surface area contributed by atoms with Crippen molar-refractivity contribution in [2.75, 3.05) is 27.2 Å². The van der Waals surface area contributed by atoms with E-state index in [4.69, 9.17) is 0 Å². The minimum atomic E-state index is -1.10. The van der Waals surface area contributed by atoms with Gasteiger partial charge >= 0.3 is 0 Å². The van der Waals surface area contributed by atoms with E-state index in [1.54, 1.807) is 31.4 Å². The maximum absolute atomic E-state index is 14.1. The number of aliphatic hydroxyl groups is 2. The third kappa shape index (κ3) is 13.0. The Labute approximate surface area is 271 Å². The summed E-state index contributed by atoms with van der Waals surface area (Å²) < 4.78 is 0. The molecule has 3 amide bonds. The van der Waals surface area contributed by atoms with E-state index in [0.29, 0.717) is 37.6 Å². The van der Waals surface area contributed by atoms with Gasteiger partial charge in [0, 0.05) is 39.5 Å². The van der Waals surface area contributed by atoms with E-state index >= 15 is 0 Å². The zero-order valence-corrected chi connectivity index (χ0v) is 28.3. The number of carbonyl (C=O) groups is 3. The van der Waals surface area contributed by atoms with Crippen LogP contribution in [0.25, 0.3) is 0 Å². The van der Waals surface area contributed by atoms with E-state index in [9.17, 15) is 24.6 Å². The second-order valence-corrected chi connectivity index (χ2v) is 14.4. The quantitative estimate of drug-likeness (QED) is 0.227. The van der Waals surface area contributed by atoms with Crippen LogP contribution in [0.1, 0.15) is 109 Å². The van der Waals surface area contributed by atoms with E-state index in [1.807, 2.05) is 26.0 Å². The van der Waals surface area contributed by atoms with Crippen molar-refractivity contribution in [1.29, 1.82) is 0 Å². The van der Waals surface area contributed by atoms with Crippen molar-refractivity contribution >= 4 is 17.7 Å². The monoisotopic (exact) mass is 628 g/mol. The fraction of sp³-hybridized carbons (Fsp3) is 0.778. The Morgan fingerprint density at radius 2 is 1.56 bits per heavy atom. The van der Waals surface area contributed by atoms with E-state index < -0.39 is 24.2 Å². The number of hydrogen-bond donors (Lipinski definition) is 3. The highest BCUT2D eigenvalue weighted by atomic mass is 16.3. The van der Waals surface area contributed by atoms with Crippen molar-refractivity contribution in [3.63, 3.8) is 0 Å². The van der Waals surface area contributed by atoms with Crippen molar-refractivity contribution in [2.45, 2.75) is 128 Å². The first-order valence-electron chi connectivity index (χ1n) is 17.6. The average Bonchev–Trinajstić information content (AvgIpc) is 3.29. The summed E-state index contributed by atoms with van der Waals surface area (Å²) in [7, 11) is 3.39. The van der Waals surface area contributed by atoms with Crippen LogP contribution < -0.4 is 5.32 Å². The molecule has 254 valence electrons. The first-order chi connectivity index (χ1) is 21.5. The van der Waals surface area contributed by atoms with Crippen molar-refractivity contribution in [3.8, 4) is 0 Å². The van der Waals surface area contributed by atoms with Crippen LogP contribution >= 0.6 is 0 Å². The van der Waals surface area contributed by atoms with Gasteiger partial charge in [0.2, 0.25) is 17.7 Å². The number of aliphatic hydroxyl groups excluding tert-OH is 2. The lowest BCUT2D eigenvalue weighted by Crippen LogP contribution is -2.52. The molecule has 3 N–H and O–H groups in total. The molecular formula is C36H60N4O5. The summed E-state index contributed by atoms with van der Waals surface area (Å²) in [5.74, 6) is -0.457. The van der Waals surface area contributed by atoms with Gasteiger partial charge in [0.1, 0.15) is 6.10 Å². The predicted molar refractivity (Wildman–Crippen MR) is 177 cm³/mol. The van der Waals surface area contributed by atoms with Gasteiger partial charge in [0.05, 0.1) is 24.6 Å². The lowest BCUT2D eigenvalue weighted by molar-refractivity contribution is -0.142. The molecule has 0 bridgehead atoms. The maximum Gasteiger partial charge on any atom is 0.241 e. The lowest BCUT2D eigenvalue weighted by Gasteiger charge is -2.34. The van der Waals surface area contributed by atoms with Crippen molar-refractivity contribution in [2.24, 2.45) is 23.7 Å². The third-order valence-corrected chi connectivity index (χ3v) is 9.79. The number of pyridine rings is 1. The third-order valence-electron chi connectivity index (χ3n) is 9.79.